The number of methoxy groups -OCH3 is 1. The highest BCUT2D eigenvalue weighted by Gasteiger charge is 2.20. The molecule has 0 spiro atoms. The third-order valence-corrected chi connectivity index (χ3v) is 6.92. The molecule has 1 aliphatic rings. The lowest BCUT2D eigenvalue weighted by atomic mass is 10.1. The Labute approximate surface area is 252 Å². The fourth-order valence-corrected chi connectivity index (χ4v) is 4.63. The zero-order valence-electron chi connectivity index (χ0n) is 26.4. The number of para-hydroxylation sites is 1. The molecule has 0 unspecified atom stereocenters. The van der Waals surface area contributed by atoms with E-state index in [0.29, 0.717) is 31.0 Å². The van der Waals surface area contributed by atoms with Crippen LogP contribution in [0.25, 0.3) is 0 Å². The van der Waals surface area contributed by atoms with Crippen molar-refractivity contribution in [1.82, 2.24) is 20.9 Å². The Morgan fingerprint density at radius 1 is 0.810 bits per heavy atom. The van der Waals surface area contributed by atoms with Gasteiger partial charge in [0.2, 0.25) is 11.6 Å². The first kappa shape index (κ1) is 34.9. The Morgan fingerprint density at radius 2 is 1.36 bits per heavy atom. The number of carbonyl (C=O) groups is 3. The van der Waals surface area contributed by atoms with Gasteiger partial charge in [-0.25, -0.2) is 4.79 Å². The van der Waals surface area contributed by atoms with Crippen molar-refractivity contribution in [1.29, 1.82) is 0 Å². The van der Waals surface area contributed by atoms with Crippen molar-refractivity contribution >= 4 is 17.7 Å². The number of amides is 1. The molecule has 0 heterocycles. The van der Waals surface area contributed by atoms with Gasteiger partial charge in [0, 0.05) is 43.9 Å². The van der Waals surface area contributed by atoms with E-state index in [2.05, 4.69) is 33.8 Å². The van der Waals surface area contributed by atoms with E-state index in [1.54, 1.807) is 7.11 Å². The van der Waals surface area contributed by atoms with Crippen molar-refractivity contribution in [2.24, 2.45) is 0 Å². The second-order valence-corrected chi connectivity index (χ2v) is 11.6. The van der Waals surface area contributed by atoms with Gasteiger partial charge in [0.15, 0.2) is 0 Å². The molecule has 1 aliphatic carbocycles. The Hall–Kier alpha value is -3.33. The van der Waals surface area contributed by atoms with Crippen LogP contribution in [-0.4, -0.2) is 68.0 Å². The zero-order valence-corrected chi connectivity index (χ0v) is 26.4. The zero-order chi connectivity index (χ0) is 30.8. The third-order valence-electron chi connectivity index (χ3n) is 6.92. The number of nitrogens with zero attached hydrogens (tertiary/aromatic N) is 1. The van der Waals surface area contributed by atoms with Crippen LogP contribution in [0.4, 0.5) is 4.79 Å². The van der Waals surface area contributed by atoms with E-state index >= 15 is 0 Å². The standard InChI is InChI=1S/C33H52N4O5/c1-6-37(25-26-17-11-12-18-31(26)41-5)22-16-10-9-14-20-35-28-24-29(38)27(23-30(28)39)34-19-13-7-8-15-21-36-32(40)42-33(2,3)4/h11-12,17-18,23-24,34-35H,6-10,13-16,19-22,25H2,1-5H3,(H,36,40). The Bertz CT molecular complexity index is 1060. The number of alkyl carbamates (subject to hydrolysis) is 1. The molecule has 0 radical (unpaired) electrons. The summed E-state index contributed by atoms with van der Waals surface area (Å²) >= 11 is 0. The lowest BCUT2D eigenvalue weighted by Gasteiger charge is -2.21. The summed E-state index contributed by atoms with van der Waals surface area (Å²) in [6.45, 7) is 12.5. The van der Waals surface area contributed by atoms with Crippen LogP contribution in [0.15, 0.2) is 47.8 Å². The van der Waals surface area contributed by atoms with Crippen molar-refractivity contribution in [2.45, 2.75) is 91.2 Å². The first-order valence-electron chi connectivity index (χ1n) is 15.4. The highest BCUT2D eigenvalue weighted by molar-refractivity contribution is 6.19. The van der Waals surface area contributed by atoms with Gasteiger partial charge in [-0.1, -0.05) is 50.8 Å². The smallest absolute Gasteiger partial charge is 0.407 e. The number of ketones is 2. The van der Waals surface area contributed by atoms with Gasteiger partial charge in [-0.3, -0.25) is 14.5 Å². The van der Waals surface area contributed by atoms with E-state index in [1.165, 1.54) is 17.7 Å². The molecule has 0 saturated heterocycles. The lowest BCUT2D eigenvalue weighted by molar-refractivity contribution is -0.115. The van der Waals surface area contributed by atoms with E-state index < -0.39 is 11.7 Å². The summed E-state index contributed by atoms with van der Waals surface area (Å²) in [6, 6.07) is 8.16. The number of rotatable bonds is 20. The van der Waals surface area contributed by atoms with Gasteiger partial charge in [-0.2, -0.15) is 0 Å². The molecule has 1 aromatic carbocycles. The fourth-order valence-electron chi connectivity index (χ4n) is 4.63. The second-order valence-electron chi connectivity index (χ2n) is 11.6. The first-order valence-corrected chi connectivity index (χ1v) is 15.4. The van der Waals surface area contributed by atoms with Gasteiger partial charge in [0.05, 0.1) is 18.5 Å². The van der Waals surface area contributed by atoms with Crippen molar-refractivity contribution < 1.29 is 23.9 Å². The minimum Gasteiger partial charge on any atom is -0.496 e. The average Bonchev–Trinajstić information content (AvgIpc) is 2.94. The van der Waals surface area contributed by atoms with E-state index in [1.807, 2.05) is 39.0 Å². The molecule has 42 heavy (non-hydrogen) atoms. The van der Waals surface area contributed by atoms with Crippen LogP contribution < -0.4 is 20.7 Å². The summed E-state index contributed by atoms with van der Waals surface area (Å²) in [6.07, 6.45) is 10.3. The Kier molecular flexibility index (Phi) is 15.8. The highest BCUT2D eigenvalue weighted by Crippen LogP contribution is 2.19. The molecule has 0 aliphatic heterocycles. The molecular weight excluding hydrogens is 532 g/mol. The maximum absolute atomic E-state index is 12.5. The lowest BCUT2D eigenvalue weighted by Crippen LogP contribution is -2.33. The molecule has 1 aromatic rings. The van der Waals surface area contributed by atoms with Crippen LogP contribution >= 0.6 is 0 Å². The molecule has 234 valence electrons. The van der Waals surface area contributed by atoms with Crippen LogP contribution in [-0.2, 0) is 20.9 Å². The SMILES string of the molecule is CCN(CCCCCCNC1=CC(=O)C(NCCCCCCNC(=O)OC(C)(C)C)=CC1=O)Cc1ccccc1OC. The van der Waals surface area contributed by atoms with Gasteiger partial charge in [0.25, 0.3) is 0 Å². The highest BCUT2D eigenvalue weighted by atomic mass is 16.6. The van der Waals surface area contributed by atoms with Crippen molar-refractivity contribution in [3.05, 3.63) is 53.4 Å². The van der Waals surface area contributed by atoms with Gasteiger partial charge < -0.3 is 25.4 Å². The van der Waals surface area contributed by atoms with E-state index in [9.17, 15) is 14.4 Å². The largest absolute Gasteiger partial charge is 0.496 e. The number of hydrogen-bond donors (Lipinski definition) is 3. The second kappa shape index (κ2) is 19.0. The number of unbranched alkanes of at least 4 members (excludes halogenated alkanes) is 6. The van der Waals surface area contributed by atoms with Crippen molar-refractivity contribution in [2.75, 3.05) is 39.8 Å². The van der Waals surface area contributed by atoms with Gasteiger partial charge >= 0.3 is 6.09 Å². The van der Waals surface area contributed by atoms with Gasteiger partial charge in [-0.05, 0) is 65.6 Å². The fraction of sp³-hybridized carbons (Fsp3) is 0.606. The Balaban J connectivity index is 1.53. The first-order chi connectivity index (χ1) is 20.1. The summed E-state index contributed by atoms with van der Waals surface area (Å²) < 4.78 is 10.7. The summed E-state index contributed by atoms with van der Waals surface area (Å²) in [5, 5.41) is 9.01. The maximum Gasteiger partial charge on any atom is 0.407 e. The predicted molar refractivity (Wildman–Crippen MR) is 167 cm³/mol. The normalized spacial score (nSPS) is 13.5. The van der Waals surface area contributed by atoms with E-state index in [4.69, 9.17) is 9.47 Å². The molecule has 9 nitrogen and oxygen atoms in total. The number of allylic oxidation sites excluding steroid dienone is 2. The number of ether oxygens (including phenoxy) is 2. The van der Waals surface area contributed by atoms with Crippen LogP contribution in [0.3, 0.4) is 0 Å². The number of hydrogen-bond acceptors (Lipinski definition) is 8. The number of carbonyl (C=O) groups excluding carboxylic acids is 3. The van der Waals surface area contributed by atoms with E-state index in [-0.39, 0.29) is 11.6 Å². The van der Waals surface area contributed by atoms with Gasteiger partial charge in [-0.15, -0.1) is 0 Å². The van der Waals surface area contributed by atoms with Crippen LogP contribution in [0, 0.1) is 0 Å². The van der Waals surface area contributed by atoms with Gasteiger partial charge in [0.1, 0.15) is 11.4 Å². The molecule has 0 atom stereocenters. The minimum absolute atomic E-state index is 0.166. The summed E-state index contributed by atoms with van der Waals surface area (Å²) in [5.41, 5.74) is 1.44. The summed E-state index contributed by atoms with van der Waals surface area (Å²) in [4.78, 5) is 39.1. The molecule has 0 bridgehead atoms. The molecule has 0 aromatic heterocycles. The topological polar surface area (TPSA) is 109 Å². The van der Waals surface area contributed by atoms with Crippen molar-refractivity contribution in [3.8, 4) is 5.75 Å². The molecule has 0 saturated carbocycles. The minimum atomic E-state index is -0.495. The maximum atomic E-state index is 12.5. The monoisotopic (exact) mass is 584 g/mol. The molecule has 9 heteroatoms. The third kappa shape index (κ3) is 14.0. The molecule has 3 N–H and O–H groups in total. The average molecular weight is 585 g/mol. The molecular formula is C33H52N4O5. The molecule has 2 rings (SSSR count). The van der Waals surface area contributed by atoms with Crippen molar-refractivity contribution in [3.63, 3.8) is 0 Å². The molecule has 0 fully saturated rings. The van der Waals surface area contributed by atoms with Crippen LogP contribution in [0.5, 0.6) is 5.75 Å². The summed E-state index contributed by atoms with van der Waals surface area (Å²) in [5.74, 6) is 0.594. The van der Waals surface area contributed by atoms with E-state index in [0.717, 1.165) is 76.8 Å². The Morgan fingerprint density at radius 3 is 1.90 bits per heavy atom. The number of nitrogens with one attached hydrogen (secondary N) is 3. The quantitative estimate of drug-likeness (QED) is 0.141. The van der Waals surface area contributed by atoms with Crippen LogP contribution in [0.2, 0.25) is 0 Å². The van der Waals surface area contributed by atoms with Crippen LogP contribution in [0.1, 0.15) is 84.6 Å². The predicted octanol–water partition coefficient (Wildman–Crippen LogP) is 5.26. The molecule has 1 amide bonds. The summed E-state index contributed by atoms with van der Waals surface area (Å²) in [7, 11) is 1.71. The number of benzene rings is 1.